The van der Waals surface area contributed by atoms with Crippen LogP contribution in [0.15, 0.2) is 0 Å². The van der Waals surface area contributed by atoms with Gasteiger partial charge in [0.1, 0.15) is 6.61 Å². The topological polar surface area (TPSA) is 46.5 Å². The molecule has 0 aliphatic rings. The maximum Gasteiger partial charge on any atom is 0.329 e. The first-order valence-corrected chi connectivity index (χ1v) is 9.04. The van der Waals surface area contributed by atoms with Gasteiger partial charge in [0.15, 0.2) is 0 Å². The highest BCUT2D eigenvalue weighted by atomic mass is 16.5. The second-order valence-corrected chi connectivity index (χ2v) is 6.09. The smallest absolute Gasteiger partial charge is 0.329 e. The number of hydrogen-bond acceptors (Lipinski definition) is 2. The lowest BCUT2D eigenvalue weighted by Gasteiger charge is -2.16. The van der Waals surface area contributed by atoms with Crippen LogP contribution in [0.25, 0.3) is 0 Å². The number of unbranched alkanes of at least 4 members (excludes halogenated alkanes) is 9. The van der Waals surface area contributed by atoms with Crippen molar-refractivity contribution in [2.75, 3.05) is 6.61 Å². The Morgan fingerprint density at radius 3 is 1.81 bits per heavy atom. The Bertz CT molecular complexity index is 229. The molecule has 21 heavy (non-hydrogen) atoms. The van der Waals surface area contributed by atoms with E-state index in [1.807, 2.05) is 0 Å². The molecule has 0 aliphatic heterocycles. The van der Waals surface area contributed by atoms with Gasteiger partial charge in [-0.05, 0) is 12.8 Å². The molecule has 0 heterocycles. The normalized spacial score (nSPS) is 12.5. The van der Waals surface area contributed by atoms with Gasteiger partial charge in [-0.3, -0.25) is 0 Å². The van der Waals surface area contributed by atoms with Crippen molar-refractivity contribution in [1.82, 2.24) is 0 Å². The molecular formula is C18H36O3. The third kappa shape index (κ3) is 15.6. The van der Waals surface area contributed by atoms with Gasteiger partial charge in [-0.2, -0.15) is 0 Å². The van der Waals surface area contributed by atoms with Gasteiger partial charge in [-0.25, -0.2) is 4.79 Å². The summed E-state index contributed by atoms with van der Waals surface area (Å²) in [6.07, 6.45) is 16.3. The average Bonchev–Trinajstić information content (AvgIpc) is 2.47. The highest BCUT2D eigenvalue weighted by Crippen LogP contribution is 2.15. The Kier molecular flexibility index (Phi) is 15.4. The maximum atomic E-state index is 10.6. The molecule has 1 N–H and O–H groups in total. The van der Waals surface area contributed by atoms with Crippen LogP contribution in [-0.4, -0.2) is 23.8 Å². The SMILES string of the molecule is CCCCCCCCCCCC(CCCC)OCC(=O)O. The summed E-state index contributed by atoms with van der Waals surface area (Å²) in [6, 6.07) is 0. The monoisotopic (exact) mass is 300 g/mol. The van der Waals surface area contributed by atoms with Crippen LogP contribution in [-0.2, 0) is 9.53 Å². The van der Waals surface area contributed by atoms with E-state index in [1.54, 1.807) is 0 Å². The number of carboxylic acids is 1. The molecule has 0 aromatic heterocycles. The van der Waals surface area contributed by atoms with Crippen molar-refractivity contribution >= 4 is 5.97 Å². The minimum Gasteiger partial charge on any atom is -0.480 e. The molecule has 3 nitrogen and oxygen atoms in total. The van der Waals surface area contributed by atoms with Crippen LogP contribution >= 0.6 is 0 Å². The molecule has 0 aromatic rings. The third-order valence-corrected chi connectivity index (χ3v) is 3.95. The molecule has 1 unspecified atom stereocenters. The van der Waals surface area contributed by atoms with E-state index >= 15 is 0 Å². The summed E-state index contributed by atoms with van der Waals surface area (Å²) in [7, 11) is 0. The zero-order chi connectivity index (χ0) is 15.8. The standard InChI is InChI=1S/C18H36O3/c1-3-5-7-8-9-10-11-12-13-15-17(14-6-4-2)21-16-18(19)20/h17H,3-16H2,1-2H3,(H,19,20). The zero-order valence-corrected chi connectivity index (χ0v) is 14.2. The molecule has 0 saturated heterocycles. The molecule has 1 atom stereocenters. The molecule has 0 bridgehead atoms. The molecule has 0 spiro atoms. The van der Waals surface area contributed by atoms with Gasteiger partial charge in [0.05, 0.1) is 6.10 Å². The number of ether oxygens (including phenoxy) is 1. The van der Waals surface area contributed by atoms with Crippen LogP contribution < -0.4 is 0 Å². The molecule has 0 rings (SSSR count). The Balaban J connectivity index is 3.51. The lowest BCUT2D eigenvalue weighted by molar-refractivity contribution is -0.144. The van der Waals surface area contributed by atoms with Gasteiger partial charge >= 0.3 is 5.97 Å². The minimum absolute atomic E-state index is 0.144. The van der Waals surface area contributed by atoms with Gasteiger partial charge < -0.3 is 9.84 Å². The first-order chi connectivity index (χ1) is 10.2. The van der Waals surface area contributed by atoms with Gasteiger partial charge in [0, 0.05) is 0 Å². The number of carbonyl (C=O) groups is 1. The van der Waals surface area contributed by atoms with E-state index < -0.39 is 5.97 Å². The number of rotatable bonds is 16. The average molecular weight is 300 g/mol. The van der Waals surface area contributed by atoms with E-state index in [4.69, 9.17) is 9.84 Å². The predicted octanol–water partition coefficient (Wildman–Crippen LogP) is 5.57. The second-order valence-electron chi connectivity index (χ2n) is 6.09. The summed E-state index contributed by atoms with van der Waals surface area (Å²) in [5.74, 6) is -0.858. The van der Waals surface area contributed by atoms with Crippen LogP contribution in [0.4, 0.5) is 0 Å². The van der Waals surface area contributed by atoms with Crippen LogP contribution in [0.2, 0.25) is 0 Å². The summed E-state index contributed by atoms with van der Waals surface area (Å²) >= 11 is 0. The highest BCUT2D eigenvalue weighted by molar-refractivity contribution is 5.68. The Hall–Kier alpha value is -0.570. The minimum atomic E-state index is -0.858. The van der Waals surface area contributed by atoms with Gasteiger partial charge in [-0.15, -0.1) is 0 Å². The van der Waals surface area contributed by atoms with Crippen LogP contribution in [0.3, 0.4) is 0 Å². The Labute approximate surface area is 131 Å². The van der Waals surface area contributed by atoms with Crippen molar-refractivity contribution in [3.05, 3.63) is 0 Å². The fraction of sp³-hybridized carbons (Fsp3) is 0.944. The van der Waals surface area contributed by atoms with Crippen LogP contribution in [0, 0.1) is 0 Å². The Morgan fingerprint density at radius 1 is 0.810 bits per heavy atom. The molecule has 0 amide bonds. The van der Waals surface area contributed by atoms with E-state index in [0.717, 1.165) is 25.7 Å². The highest BCUT2D eigenvalue weighted by Gasteiger charge is 2.10. The van der Waals surface area contributed by atoms with Crippen molar-refractivity contribution in [3.63, 3.8) is 0 Å². The van der Waals surface area contributed by atoms with Crippen molar-refractivity contribution in [2.45, 2.75) is 103 Å². The lowest BCUT2D eigenvalue weighted by atomic mass is 10.0. The number of carboxylic acid groups (broad SMARTS) is 1. The van der Waals surface area contributed by atoms with E-state index in [-0.39, 0.29) is 12.7 Å². The zero-order valence-electron chi connectivity index (χ0n) is 14.2. The number of hydrogen-bond donors (Lipinski definition) is 1. The van der Waals surface area contributed by atoms with E-state index in [9.17, 15) is 4.79 Å². The summed E-state index contributed by atoms with van der Waals surface area (Å²) in [6.45, 7) is 4.26. The molecule has 0 aliphatic carbocycles. The summed E-state index contributed by atoms with van der Waals surface area (Å²) in [4.78, 5) is 10.6. The number of aliphatic carboxylic acids is 1. The van der Waals surface area contributed by atoms with E-state index in [2.05, 4.69) is 13.8 Å². The first kappa shape index (κ1) is 20.4. The molecule has 0 radical (unpaired) electrons. The summed E-state index contributed by atoms with van der Waals surface area (Å²) in [5.41, 5.74) is 0. The van der Waals surface area contributed by atoms with Crippen LogP contribution in [0.5, 0.6) is 0 Å². The second kappa shape index (κ2) is 15.8. The molecule has 0 fully saturated rings. The van der Waals surface area contributed by atoms with Crippen LogP contribution in [0.1, 0.15) is 97.3 Å². The fourth-order valence-corrected chi connectivity index (χ4v) is 2.61. The summed E-state index contributed by atoms with van der Waals surface area (Å²) < 4.78 is 5.48. The molecule has 0 saturated carbocycles. The van der Waals surface area contributed by atoms with Crippen molar-refractivity contribution in [3.8, 4) is 0 Å². The van der Waals surface area contributed by atoms with E-state index in [1.165, 1.54) is 57.8 Å². The fourth-order valence-electron chi connectivity index (χ4n) is 2.61. The first-order valence-electron chi connectivity index (χ1n) is 9.04. The molecule has 0 aromatic carbocycles. The van der Waals surface area contributed by atoms with Crippen molar-refractivity contribution < 1.29 is 14.6 Å². The molecule has 126 valence electrons. The lowest BCUT2D eigenvalue weighted by Crippen LogP contribution is -2.18. The van der Waals surface area contributed by atoms with Gasteiger partial charge in [-0.1, -0.05) is 84.5 Å². The summed E-state index contributed by atoms with van der Waals surface area (Å²) in [5, 5.41) is 8.69. The quantitative estimate of drug-likeness (QED) is 0.379. The molecular weight excluding hydrogens is 264 g/mol. The van der Waals surface area contributed by atoms with Crippen molar-refractivity contribution in [2.24, 2.45) is 0 Å². The van der Waals surface area contributed by atoms with Gasteiger partial charge in [0.2, 0.25) is 0 Å². The third-order valence-electron chi connectivity index (χ3n) is 3.95. The predicted molar refractivity (Wildman–Crippen MR) is 88.7 cm³/mol. The maximum absolute atomic E-state index is 10.6. The largest absolute Gasteiger partial charge is 0.480 e. The van der Waals surface area contributed by atoms with Gasteiger partial charge in [0.25, 0.3) is 0 Å². The molecule has 3 heteroatoms. The van der Waals surface area contributed by atoms with Crippen molar-refractivity contribution in [1.29, 1.82) is 0 Å². The Morgan fingerprint density at radius 2 is 1.29 bits per heavy atom. The van der Waals surface area contributed by atoms with E-state index in [0.29, 0.717) is 0 Å².